The molecule has 3 aromatic carbocycles. The number of amides is 1. The second-order valence-corrected chi connectivity index (χ2v) is 5.83. The van der Waals surface area contributed by atoms with Crippen molar-refractivity contribution in [3.8, 4) is 11.5 Å². The Hall–Kier alpha value is -3.27. The summed E-state index contributed by atoms with van der Waals surface area (Å²) in [5, 5.41) is 2.89. The number of aryl methyl sites for hydroxylation is 1. The molecule has 3 rings (SSSR count). The molecular weight excluding hydrogens is 326 g/mol. The molecule has 1 N–H and O–H groups in total. The van der Waals surface area contributed by atoms with Gasteiger partial charge in [0, 0.05) is 5.69 Å². The predicted octanol–water partition coefficient (Wildman–Crippen LogP) is 4.71. The van der Waals surface area contributed by atoms with Gasteiger partial charge in [0.15, 0.2) is 0 Å². The topological polar surface area (TPSA) is 47.6 Å². The van der Waals surface area contributed by atoms with Crippen molar-refractivity contribution in [1.29, 1.82) is 0 Å². The Bertz CT molecular complexity index is 845. The highest BCUT2D eigenvalue weighted by Crippen LogP contribution is 2.20. The van der Waals surface area contributed by atoms with Crippen molar-refractivity contribution in [2.45, 2.75) is 6.92 Å². The number of nitrogens with one attached hydrogen (secondary N) is 1. The highest BCUT2D eigenvalue weighted by atomic mass is 16.5. The van der Waals surface area contributed by atoms with E-state index in [1.807, 2.05) is 73.7 Å². The molecule has 0 radical (unpaired) electrons. The Morgan fingerprint density at radius 3 is 2.23 bits per heavy atom. The first-order valence-electron chi connectivity index (χ1n) is 8.50. The van der Waals surface area contributed by atoms with Gasteiger partial charge < -0.3 is 14.8 Å². The molecule has 132 valence electrons. The van der Waals surface area contributed by atoms with Crippen LogP contribution in [0.5, 0.6) is 11.5 Å². The van der Waals surface area contributed by atoms with E-state index in [0.717, 1.165) is 17.0 Å². The lowest BCUT2D eigenvalue weighted by Crippen LogP contribution is -2.15. The summed E-state index contributed by atoms with van der Waals surface area (Å²) in [4.78, 5) is 12.6. The summed E-state index contributed by atoms with van der Waals surface area (Å²) >= 11 is 0. The van der Waals surface area contributed by atoms with Crippen LogP contribution in [-0.2, 0) is 0 Å². The van der Waals surface area contributed by atoms with Gasteiger partial charge in [0.1, 0.15) is 24.7 Å². The van der Waals surface area contributed by atoms with Gasteiger partial charge in [-0.2, -0.15) is 0 Å². The molecule has 0 saturated heterocycles. The van der Waals surface area contributed by atoms with Gasteiger partial charge in [-0.25, -0.2) is 0 Å². The second-order valence-electron chi connectivity index (χ2n) is 5.83. The van der Waals surface area contributed by atoms with E-state index in [0.29, 0.717) is 24.5 Å². The Morgan fingerprint density at radius 2 is 1.46 bits per heavy atom. The fourth-order valence-electron chi connectivity index (χ4n) is 2.44. The fraction of sp³-hybridized carbons (Fsp3) is 0.136. The third kappa shape index (κ3) is 4.86. The minimum atomic E-state index is -0.201. The van der Waals surface area contributed by atoms with Crippen LogP contribution in [0.1, 0.15) is 15.9 Å². The summed E-state index contributed by atoms with van der Waals surface area (Å²) in [6.45, 7) is 2.76. The van der Waals surface area contributed by atoms with Crippen molar-refractivity contribution in [3.63, 3.8) is 0 Å². The molecule has 0 unspecified atom stereocenters. The van der Waals surface area contributed by atoms with Gasteiger partial charge in [0.05, 0.1) is 5.56 Å². The van der Waals surface area contributed by atoms with Crippen LogP contribution in [0.4, 0.5) is 5.69 Å². The molecule has 4 heteroatoms. The van der Waals surface area contributed by atoms with E-state index < -0.39 is 0 Å². The number of para-hydroxylation sites is 2. The highest BCUT2D eigenvalue weighted by Gasteiger charge is 2.12. The quantitative estimate of drug-likeness (QED) is 0.630. The minimum Gasteiger partial charge on any atom is -0.490 e. The normalized spacial score (nSPS) is 10.2. The summed E-state index contributed by atoms with van der Waals surface area (Å²) in [5.41, 5.74) is 2.39. The molecule has 0 aliphatic carbocycles. The number of hydrogen-bond acceptors (Lipinski definition) is 3. The average Bonchev–Trinajstić information content (AvgIpc) is 2.68. The number of carbonyl (C=O) groups excluding carboxylic acids is 1. The van der Waals surface area contributed by atoms with Crippen LogP contribution in [0.25, 0.3) is 0 Å². The first-order chi connectivity index (χ1) is 12.7. The third-order valence-corrected chi connectivity index (χ3v) is 3.79. The molecule has 0 aliphatic heterocycles. The van der Waals surface area contributed by atoms with Gasteiger partial charge in [-0.1, -0.05) is 48.0 Å². The Labute approximate surface area is 153 Å². The first-order valence-corrected chi connectivity index (χ1v) is 8.50. The molecule has 0 saturated carbocycles. The minimum absolute atomic E-state index is 0.201. The molecule has 0 fully saturated rings. The maximum atomic E-state index is 12.6. The van der Waals surface area contributed by atoms with Crippen molar-refractivity contribution >= 4 is 11.6 Å². The summed E-state index contributed by atoms with van der Waals surface area (Å²) in [6, 6.07) is 24.4. The molecule has 0 spiro atoms. The van der Waals surface area contributed by atoms with Crippen molar-refractivity contribution in [3.05, 3.63) is 90.0 Å². The van der Waals surface area contributed by atoms with Crippen molar-refractivity contribution in [1.82, 2.24) is 0 Å². The van der Waals surface area contributed by atoms with E-state index in [9.17, 15) is 4.79 Å². The molecular formula is C22H21NO3. The number of rotatable bonds is 7. The van der Waals surface area contributed by atoms with Crippen LogP contribution < -0.4 is 14.8 Å². The number of anilines is 1. The van der Waals surface area contributed by atoms with E-state index in [1.165, 1.54) is 0 Å². The molecule has 0 bridgehead atoms. The predicted molar refractivity (Wildman–Crippen MR) is 103 cm³/mol. The standard InChI is InChI=1S/C22H21NO3/c1-17-11-13-18(14-12-17)23-22(24)20-9-5-6-10-21(20)26-16-15-25-19-7-3-2-4-8-19/h2-14H,15-16H2,1H3,(H,23,24). The molecule has 4 nitrogen and oxygen atoms in total. The number of benzene rings is 3. The molecule has 3 aromatic rings. The van der Waals surface area contributed by atoms with Gasteiger partial charge in [-0.05, 0) is 43.3 Å². The third-order valence-electron chi connectivity index (χ3n) is 3.79. The number of hydrogen-bond donors (Lipinski definition) is 1. The molecule has 0 aromatic heterocycles. The lowest BCUT2D eigenvalue weighted by molar-refractivity contribution is 0.102. The van der Waals surface area contributed by atoms with Gasteiger partial charge in [0.25, 0.3) is 5.91 Å². The van der Waals surface area contributed by atoms with E-state index in [1.54, 1.807) is 12.1 Å². The molecule has 1 amide bonds. The molecule has 0 aliphatic rings. The van der Waals surface area contributed by atoms with E-state index in [4.69, 9.17) is 9.47 Å². The zero-order chi connectivity index (χ0) is 18.2. The van der Waals surface area contributed by atoms with E-state index in [-0.39, 0.29) is 5.91 Å². The lowest BCUT2D eigenvalue weighted by Gasteiger charge is -2.12. The van der Waals surface area contributed by atoms with Gasteiger partial charge in [-0.15, -0.1) is 0 Å². The summed E-state index contributed by atoms with van der Waals surface area (Å²) in [6.07, 6.45) is 0. The lowest BCUT2D eigenvalue weighted by atomic mass is 10.1. The summed E-state index contributed by atoms with van der Waals surface area (Å²) < 4.78 is 11.4. The average molecular weight is 347 g/mol. The van der Waals surface area contributed by atoms with E-state index in [2.05, 4.69) is 5.32 Å². The van der Waals surface area contributed by atoms with Crippen molar-refractivity contribution < 1.29 is 14.3 Å². The molecule has 0 heterocycles. The van der Waals surface area contributed by atoms with Crippen LogP contribution in [0.3, 0.4) is 0 Å². The zero-order valence-electron chi connectivity index (χ0n) is 14.6. The van der Waals surface area contributed by atoms with Crippen molar-refractivity contribution in [2.75, 3.05) is 18.5 Å². The Kier molecular flexibility index (Phi) is 5.88. The Balaban J connectivity index is 1.58. The van der Waals surface area contributed by atoms with Gasteiger partial charge in [0.2, 0.25) is 0 Å². The van der Waals surface area contributed by atoms with Crippen molar-refractivity contribution in [2.24, 2.45) is 0 Å². The van der Waals surface area contributed by atoms with Crippen LogP contribution in [0.15, 0.2) is 78.9 Å². The second kappa shape index (κ2) is 8.72. The maximum Gasteiger partial charge on any atom is 0.259 e. The largest absolute Gasteiger partial charge is 0.490 e. The summed E-state index contributed by atoms with van der Waals surface area (Å²) in [7, 11) is 0. The summed E-state index contributed by atoms with van der Waals surface area (Å²) in [5.74, 6) is 1.13. The van der Waals surface area contributed by atoms with Crippen LogP contribution in [0, 0.1) is 6.92 Å². The Morgan fingerprint density at radius 1 is 0.808 bits per heavy atom. The van der Waals surface area contributed by atoms with Gasteiger partial charge in [-0.3, -0.25) is 4.79 Å². The number of carbonyl (C=O) groups is 1. The fourth-order valence-corrected chi connectivity index (χ4v) is 2.44. The highest BCUT2D eigenvalue weighted by molar-refractivity contribution is 6.06. The SMILES string of the molecule is Cc1ccc(NC(=O)c2ccccc2OCCOc2ccccc2)cc1. The van der Waals surface area contributed by atoms with Gasteiger partial charge >= 0.3 is 0 Å². The first kappa shape index (κ1) is 17.5. The molecule has 26 heavy (non-hydrogen) atoms. The van der Waals surface area contributed by atoms with Crippen LogP contribution in [-0.4, -0.2) is 19.1 Å². The molecule has 0 atom stereocenters. The maximum absolute atomic E-state index is 12.6. The van der Waals surface area contributed by atoms with E-state index >= 15 is 0 Å². The smallest absolute Gasteiger partial charge is 0.259 e. The van der Waals surface area contributed by atoms with Crippen LogP contribution in [0.2, 0.25) is 0 Å². The number of ether oxygens (including phenoxy) is 2. The monoisotopic (exact) mass is 347 g/mol. The zero-order valence-corrected chi connectivity index (χ0v) is 14.6. The van der Waals surface area contributed by atoms with Crippen LogP contribution >= 0.6 is 0 Å².